The topological polar surface area (TPSA) is 525 Å². The molecule has 0 aliphatic carbocycles. The van der Waals surface area contributed by atoms with Gasteiger partial charge in [0.15, 0.2) is 36.3 Å². The first-order valence-electron chi connectivity index (χ1n) is 26.9. The molecule has 17 N–H and O–H groups in total. The molecular weight excluding hydrogens is 1170 g/mol. The van der Waals surface area contributed by atoms with Crippen LogP contribution in [0.4, 0.5) is 9.59 Å². The molecule has 0 saturated heterocycles. The monoisotopic (exact) mass is 1260 g/mol. The van der Waals surface area contributed by atoms with Crippen LogP contribution in [0.5, 0.6) is 0 Å². The van der Waals surface area contributed by atoms with E-state index in [-0.39, 0.29) is 105 Å². The number of hydrogen-bond acceptors (Lipinski definition) is 24. The van der Waals surface area contributed by atoms with E-state index in [0.29, 0.717) is 19.8 Å². The number of ether oxygens (including phenoxy) is 10. The smallest absolute Gasteiger partial charge is 0.410 e. The zero-order valence-electron chi connectivity index (χ0n) is 48.3. The number of hydrogen-bond donors (Lipinski definition) is 13. The van der Waals surface area contributed by atoms with Crippen molar-refractivity contribution in [2.75, 3.05) is 138 Å². The molecule has 2 rings (SSSR count). The first-order chi connectivity index (χ1) is 40.8. The quantitative estimate of drug-likeness (QED) is 0.0117. The van der Waals surface area contributed by atoms with Crippen molar-refractivity contribution in [3.8, 4) is 12.3 Å². The second kappa shape index (κ2) is 40.5. The molecule has 0 radical (unpaired) electrons. The number of aliphatic imine (C=N–C) groups is 2. The highest BCUT2D eigenvalue weighted by Crippen LogP contribution is 2.29. The van der Waals surface area contributed by atoms with Crippen molar-refractivity contribution in [2.24, 2.45) is 32.9 Å². The van der Waals surface area contributed by atoms with E-state index in [0.717, 1.165) is 40.1 Å². The zero-order chi connectivity index (χ0) is 64.4. The van der Waals surface area contributed by atoms with Gasteiger partial charge >= 0.3 is 24.1 Å². The molecule has 0 fully saturated rings. The van der Waals surface area contributed by atoms with E-state index in [9.17, 15) is 67.8 Å². The van der Waals surface area contributed by atoms with E-state index in [1.807, 2.05) is 0 Å². The minimum absolute atomic E-state index is 0.0329. The van der Waals surface area contributed by atoms with Gasteiger partial charge in [0.2, 0.25) is 23.3 Å². The van der Waals surface area contributed by atoms with Crippen molar-refractivity contribution in [1.82, 2.24) is 29.5 Å². The summed E-state index contributed by atoms with van der Waals surface area (Å²) in [7, 11) is -4.30. The molecule has 2 aliphatic heterocycles. The molecule has 0 saturated carbocycles. The Morgan fingerprint density at radius 2 is 0.988 bits per heavy atom. The van der Waals surface area contributed by atoms with Crippen LogP contribution in [0.3, 0.4) is 0 Å². The van der Waals surface area contributed by atoms with Crippen LogP contribution in [0.25, 0.3) is 0 Å². The van der Waals surface area contributed by atoms with Gasteiger partial charge in [0, 0.05) is 59.7 Å². The standard InChI is InChI=1S/C49H84N12O24S/c1-6-14-76-20-22-80-24-25-81-23-21-77-15-9-54-86(74,75)61(12-18-78-16-10-59(7-2)48(72)84-40(34(66)28-62)42-38(55-30(4)64)32(57-46(50)51)26-36(82-42)44(68)69)13-19-79-17-11-60(8-3)49(73)85-41(35(67)29-63)43-39(56-31(5)65)33(58-47(52)53)27-37(83-43)45(70)71/h1,26-27,32-35,38-43,54,62-63,66-67H,7-25,28-29H2,2-5H3,(H,55,64)(H,56,65)(H,68,69)(H,70,71)(H4,50,51,57)(H4,52,53,58)/t32-,33-,34+,35+,38+,39+,40+,41+,42+,43+/m0/s1. The summed E-state index contributed by atoms with van der Waals surface area (Å²) in [6.45, 7) is 2.75. The lowest BCUT2D eigenvalue weighted by Gasteiger charge is -2.40. The Bertz CT molecular complexity index is 2290. The summed E-state index contributed by atoms with van der Waals surface area (Å²) in [5, 5.41) is 66.3. The second-order valence-electron chi connectivity index (χ2n) is 18.4. The molecule has 36 nitrogen and oxygen atoms in total. The van der Waals surface area contributed by atoms with Gasteiger partial charge in [-0.1, -0.05) is 5.92 Å². The molecule has 490 valence electrons. The molecular formula is C49H84N12O24S. The van der Waals surface area contributed by atoms with Crippen molar-refractivity contribution in [3.05, 3.63) is 23.7 Å². The molecule has 4 amide bonds. The van der Waals surface area contributed by atoms with E-state index in [2.05, 4.69) is 31.3 Å². The van der Waals surface area contributed by atoms with Gasteiger partial charge in [0.05, 0.1) is 110 Å². The number of nitrogens with one attached hydrogen (secondary N) is 3. The van der Waals surface area contributed by atoms with Gasteiger partial charge in [0.1, 0.15) is 18.8 Å². The normalized spacial score (nSPS) is 19.7. The molecule has 0 unspecified atom stereocenters. The average molecular weight is 1260 g/mol. The van der Waals surface area contributed by atoms with Gasteiger partial charge in [-0.2, -0.15) is 17.4 Å². The van der Waals surface area contributed by atoms with E-state index in [1.165, 1.54) is 0 Å². The fourth-order valence-electron chi connectivity index (χ4n) is 8.03. The molecule has 0 spiro atoms. The molecule has 0 aromatic rings. The molecule has 86 heavy (non-hydrogen) atoms. The lowest BCUT2D eigenvalue weighted by atomic mass is 9.92. The minimum atomic E-state index is -4.30. The Morgan fingerprint density at radius 1 is 0.628 bits per heavy atom. The predicted octanol–water partition coefficient (Wildman–Crippen LogP) is -6.76. The Morgan fingerprint density at radius 3 is 1.33 bits per heavy atom. The van der Waals surface area contributed by atoms with Crippen LogP contribution in [0.1, 0.15) is 27.7 Å². The number of carbonyl (C=O) groups is 6. The third-order valence-corrected chi connectivity index (χ3v) is 13.7. The summed E-state index contributed by atoms with van der Waals surface area (Å²) in [4.78, 5) is 86.1. The molecule has 10 atom stereocenters. The van der Waals surface area contributed by atoms with Crippen LogP contribution in [-0.4, -0.2) is 300 Å². The summed E-state index contributed by atoms with van der Waals surface area (Å²) < 4.78 is 86.2. The van der Waals surface area contributed by atoms with E-state index >= 15 is 0 Å². The highest BCUT2D eigenvalue weighted by molar-refractivity contribution is 7.87. The number of carboxylic acids is 2. The number of aliphatic carboxylic acids is 2. The van der Waals surface area contributed by atoms with Gasteiger partial charge in [0.25, 0.3) is 10.2 Å². The molecule has 0 aromatic carbocycles. The lowest BCUT2D eigenvalue weighted by molar-refractivity contribution is -0.148. The molecule has 2 aliphatic rings. The number of aliphatic hydroxyl groups is 4. The van der Waals surface area contributed by atoms with Crippen LogP contribution in [0.15, 0.2) is 33.7 Å². The van der Waals surface area contributed by atoms with Crippen molar-refractivity contribution in [1.29, 1.82) is 0 Å². The van der Waals surface area contributed by atoms with Crippen LogP contribution >= 0.6 is 0 Å². The number of amides is 4. The maximum Gasteiger partial charge on any atom is 0.410 e. The maximum absolute atomic E-state index is 13.7. The number of rotatable bonds is 43. The Balaban J connectivity index is 2.20. The summed E-state index contributed by atoms with van der Waals surface area (Å²) in [5.74, 6) is -4.63. The van der Waals surface area contributed by atoms with Crippen molar-refractivity contribution in [3.63, 3.8) is 0 Å². The number of aliphatic hydroxyl groups excluding tert-OH is 4. The fourth-order valence-corrected chi connectivity index (χ4v) is 9.19. The lowest BCUT2D eigenvalue weighted by Crippen LogP contribution is -2.61. The van der Waals surface area contributed by atoms with Crippen molar-refractivity contribution < 1.29 is 115 Å². The number of guanidine groups is 2. The van der Waals surface area contributed by atoms with Crippen LogP contribution in [-0.2, 0) is 76.8 Å². The zero-order valence-corrected chi connectivity index (χ0v) is 49.2. The number of terminal acetylenes is 1. The van der Waals surface area contributed by atoms with Crippen LogP contribution < -0.4 is 38.3 Å². The van der Waals surface area contributed by atoms with Crippen molar-refractivity contribution in [2.45, 2.75) is 88.5 Å². The summed E-state index contributed by atoms with van der Waals surface area (Å²) in [6, 6.07) is -5.27. The number of carbonyl (C=O) groups excluding carboxylic acids is 4. The van der Waals surface area contributed by atoms with Crippen molar-refractivity contribution >= 4 is 58.1 Å². The van der Waals surface area contributed by atoms with Gasteiger partial charge in [-0.25, -0.2) is 29.2 Å². The fraction of sp³-hybridized carbons (Fsp3) is 0.714. The van der Waals surface area contributed by atoms with Gasteiger partial charge < -0.3 is 121 Å². The first-order valence-corrected chi connectivity index (χ1v) is 28.4. The second-order valence-corrected chi connectivity index (χ2v) is 20.1. The summed E-state index contributed by atoms with van der Waals surface area (Å²) in [6.07, 6.45) is -5.91. The molecule has 0 aromatic heterocycles. The third kappa shape index (κ3) is 27.2. The van der Waals surface area contributed by atoms with E-state index in [1.54, 1.807) is 13.8 Å². The Hall–Kier alpha value is -6.93. The van der Waals surface area contributed by atoms with Gasteiger partial charge in [-0.15, -0.1) is 6.42 Å². The summed E-state index contributed by atoms with van der Waals surface area (Å²) in [5.41, 5.74) is 22.3. The number of nitrogens with two attached hydrogens (primary N) is 4. The first kappa shape index (κ1) is 75.2. The highest BCUT2D eigenvalue weighted by Gasteiger charge is 2.48. The van der Waals surface area contributed by atoms with Crippen LogP contribution in [0, 0.1) is 12.3 Å². The number of likely N-dealkylation sites (N-methyl/N-ethyl adjacent to an activating group) is 2. The van der Waals surface area contributed by atoms with Crippen LogP contribution in [0.2, 0.25) is 0 Å². The summed E-state index contributed by atoms with van der Waals surface area (Å²) >= 11 is 0. The number of nitrogens with zero attached hydrogens (tertiary/aromatic N) is 5. The Kier molecular flexibility index (Phi) is 35.4. The molecule has 0 bridgehead atoms. The third-order valence-electron chi connectivity index (χ3n) is 12.1. The molecule has 2 heterocycles. The minimum Gasteiger partial charge on any atom is -0.477 e. The van der Waals surface area contributed by atoms with E-state index in [4.69, 9.17) is 76.7 Å². The maximum atomic E-state index is 13.7. The number of carboxylic acid groups (broad SMARTS) is 2. The van der Waals surface area contributed by atoms with E-state index < -0.39 is 144 Å². The largest absolute Gasteiger partial charge is 0.477 e. The highest BCUT2D eigenvalue weighted by atomic mass is 32.2. The predicted molar refractivity (Wildman–Crippen MR) is 299 cm³/mol. The Labute approximate surface area is 497 Å². The SMILES string of the molecule is C#CCOCCOCCOCCOCCNS(=O)(=O)N(CCOCCN(CC)C(=O)O[C@@H]([C@@H]1OC(C(=O)O)=C[C@H](N=C(N)N)[C@H]1NC(C)=O)[C@H](O)CO)CCOCCN(CC)C(=O)O[C@@H]([C@@H]1OC(C(=O)O)=C[C@H](N=C(N)N)[C@H]1NC(C)=O)[C@H](O)CO. The molecule has 37 heteroatoms. The van der Waals surface area contributed by atoms with Gasteiger partial charge in [-0.05, 0) is 26.0 Å². The average Bonchev–Trinajstić information content (AvgIpc) is 2.12. The van der Waals surface area contributed by atoms with Gasteiger partial charge in [-0.3, -0.25) is 9.59 Å².